The molecule has 0 spiro atoms. The van der Waals surface area contributed by atoms with Crippen LogP contribution in [0, 0.1) is 0 Å². The zero-order valence-corrected chi connectivity index (χ0v) is 12.9. The summed E-state index contributed by atoms with van der Waals surface area (Å²) in [6, 6.07) is 5.73. The predicted molar refractivity (Wildman–Crippen MR) is 81.7 cm³/mol. The highest BCUT2D eigenvalue weighted by molar-refractivity contribution is 9.10. The van der Waals surface area contributed by atoms with Gasteiger partial charge in [0.2, 0.25) is 0 Å². The van der Waals surface area contributed by atoms with E-state index < -0.39 is 0 Å². The average molecular weight is 356 g/mol. The van der Waals surface area contributed by atoms with Gasteiger partial charge in [-0.3, -0.25) is 4.98 Å². The molecular weight excluding hydrogens is 344 g/mol. The third-order valence-electron chi connectivity index (χ3n) is 2.91. The van der Waals surface area contributed by atoms with Gasteiger partial charge in [0.15, 0.2) is 11.5 Å². The van der Waals surface area contributed by atoms with Crippen molar-refractivity contribution in [2.24, 2.45) is 0 Å². The van der Waals surface area contributed by atoms with Crippen LogP contribution in [0.25, 0.3) is 0 Å². The van der Waals surface area contributed by atoms with Crippen molar-refractivity contribution < 1.29 is 9.47 Å². The first-order valence-corrected chi connectivity index (χ1v) is 7.32. The summed E-state index contributed by atoms with van der Waals surface area (Å²) < 4.78 is 12.1. The largest absolute Gasteiger partial charge is 0.486 e. The Labute approximate surface area is 130 Å². The minimum atomic E-state index is 0.574. The van der Waals surface area contributed by atoms with Crippen LogP contribution < -0.4 is 14.8 Å². The van der Waals surface area contributed by atoms with Crippen LogP contribution in [-0.2, 0) is 6.54 Å². The van der Waals surface area contributed by atoms with Crippen molar-refractivity contribution in [3.05, 3.63) is 45.7 Å². The van der Waals surface area contributed by atoms with E-state index in [2.05, 4.69) is 26.2 Å². The summed E-state index contributed by atoms with van der Waals surface area (Å²) in [5.41, 5.74) is 1.88. The van der Waals surface area contributed by atoms with E-state index >= 15 is 0 Å². The number of hydrogen-bond acceptors (Lipinski definition) is 4. The highest BCUT2D eigenvalue weighted by Crippen LogP contribution is 2.38. The van der Waals surface area contributed by atoms with E-state index in [1.807, 2.05) is 12.1 Å². The van der Waals surface area contributed by atoms with Crippen molar-refractivity contribution in [3.63, 3.8) is 0 Å². The Morgan fingerprint density at radius 2 is 2.15 bits per heavy atom. The summed E-state index contributed by atoms with van der Waals surface area (Å²) in [5, 5.41) is 3.90. The molecule has 0 saturated carbocycles. The number of benzene rings is 1. The number of halogens is 2. The van der Waals surface area contributed by atoms with Gasteiger partial charge in [0.1, 0.15) is 13.2 Å². The highest BCUT2D eigenvalue weighted by Gasteiger charge is 2.16. The lowest BCUT2D eigenvalue weighted by Crippen LogP contribution is -2.16. The van der Waals surface area contributed by atoms with Gasteiger partial charge in [0, 0.05) is 12.7 Å². The molecule has 1 aliphatic rings. The van der Waals surface area contributed by atoms with Crippen LogP contribution in [0.1, 0.15) is 5.56 Å². The number of hydrogen-bond donors (Lipinski definition) is 1. The van der Waals surface area contributed by atoms with Gasteiger partial charge in [-0.05, 0) is 39.7 Å². The predicted octanol–water partition coefficient (Wildman–Crippen LogP) is 3.88. The van der Waals surface area contributed by atoms with Gasteiger partial charge in [-0.1, -0.05) is 11.6 Å². The zero-order valence-electron chi connectivity index (χ0n) is 10.5. The quantitative estimate of drug-likeness (QED) is 0.907. The van der Waals surface area contributed by atoms with Gasteiger partial charge in [-0.25, -0.2) is 0 Å². The maximum absolute atomic E-state index is 6.08. The Kier molecular flexibility index (Phi) is 3.98. The average Bonchev–Trinajstić information content (AvgIpc) is 2.46. The molecule has 2 aromatic rings. The molecule has 104 valence electrons. The highest BCUT2D eigenvalue weighted by atomic mass is 79.9. The van der Waals surface area contributed by atoms with Crippen molar-refractivity contribution in [2.75, 3.05) is 18.5 Å². The summed E-state index contributed by atoms with van der Waals surface area (Å²) in [7, 11) is 0. The normalized spacial score (nSPS) is 13.1. The van der Waals surface area contributed by atoms with Crippen LogP contribution in [0.3, 0.4) is 0 Å². The first-order chi connectivity index (χ1) is 9.74. The summed E-state index contributed by atoms with van der Waals surface area (Å²) in [6.07, 6.45) is 3.36. The van der Waals surface area contributed by atoms with E-state index in [0.29, 0.717) is 24.8 Å². The van der Waals surface area contributed by atoms with Crippen LogP contribution >= 0.6 is 27.5 Å². The molecule has 0 fully saturated rings. The molecule has 0 bridgehead atoms. The Morgan fingerprint density at radius 3 is 3.00 bits per heavy atom. The number of pyridine rings is 1. The van der Waals surface area contributed by atoms with Crippen LogP contribution in [0.15, 0.2) is 35.1 Å². The number of nitrogens with zero attached hydrogens (tertiary/aromatic N) is 1. The second-order valence-corrected chi connectivity index (χ2v) is 5.57. The monoisotopic (exact) mass is 354 g/mol. The van der Waals surface area contributed by atoms with Gasteiger partial charge in [-0.2, -0.15) is 0 Å². The molecule has 4 nitrogen and oxygen atoms in total. The summed E-state index contributed by atoms with van der Waals surface area (Å²) in [5.74, 6) is 1.53. The number of ether oxygens (including phenoxy) is 2. The third kappa shape index (κ3) is 2.83. The Bertz CT molecular complexity index is 637. The minimum Gasteiger partial charge on any atom is -0.486 e. The Hall–Kier alpha value is -1.46. The second kappa shape index (κ2) is 5.89. The molecular formula is C14H12BrClN2O2. The smallest absolute Gasteiger partial charge is 0.175 e. The minimum absolute atomic E-state index is 0.574. The lowest BCUT2D eigenvalue weighted by Gasteiger charge is -2.20. The van der Waals surface area contributed by atoms with Gasteiger partial charge in [0.25, 0.3) is 0 Å². The van der Waals surface area contributed by atoms with E-state index in [-0.39, 0.29) is 0 Å². The van der Waals surface area contributed by atoms with E-state index in [4.69, 9.17) is 21.1 Å². The summed E-state index contributed by atoms with van der Waals surface area (Å²) in [6.45, 7) is 1.78. The van der Waals surface area contributed by atoms with Crippen molar-refractivity contribution in [1.29, 1.82) is 0 Å². The molecule has 0 unspecified atom stereocenters. The number of aromatic nitrogens is 1. The topological polar surface area (TPSA) is 43.4 Å². The number of rotatable bonds is 3. The maximum atomic E-state index is 6.08. The maximum Gasteiger partial charge on any atom is 0.175 e. The van der Waals surface area contributed by atoms with Crippen LogP contribution in [0.2, 0.25) is 5.02 Å². The van der Waals surface area contributed by atoms with Crippen LogP contribution in [-0.4, -0.2) is 18.2 Å². The fourth-order valence-electron chi connectivity index (χ4n) is 1.97. The van der Waals surface area contributed by atoms with E-state index in [9.17, 15) is 0 Å². The number of anilines is 1. The van der Waals surface area contributed by atoms with E-state index in [1.165, 1.54) is 0 Å². The van der Waals surface area contributed by atoms with Gasteiger partial charge in [0.05, 0.1) is 21.4 Å². The molecule has 1 aromatic heterocycles. The summed E-state index contributed by atoms with van der Waals surface area (Å²) in [4.78, 5) is 4.04. The van der Waals surface area contributed by atoms with Crippen molar-refractivity contribution in [1.82, 2.24) is 4.98 Å². The third-order valence-corrected chi connectivity index (χ3v) is 3.83. The zero-order chi connectivity index (χ0) is 13.9. The molecule has 2 heterocycles. The first kappa shape index (κ1) is 13.5. The van der Waals surface area contributed by atoms with Gasteiger partial charge < -0.3 is 14.8 Å². The van der Waals surface area contributed by atoms with Crippen LogP contribution in [0.4, 0.5) is 5.69 Å². The molecule has 1 aliphatic heterocycles. The standard InChI is InChI=1S/C14H12BrClN2O2/c15-10-5-9(6-13-14(10)20-4-3-19-13)7-18-12-8-17-2-1-11(12)16/h1-2,5-6,8,18H,3-4,7H2. The van der Waals surface area contributed by atoms with Crippen molar-refractivity contribution in [3.8, 4) is 11.5 Å². The lowest BCUT2D eigenvalue weighted by atomic mass is 10.2. The molecule has 20 heavy (non-hydrogen) atoms. The molecule has 0 radical (unpaired) electrons. The Balaban J connectivity index is 1.78. The Morgan fingerprint density at radius 1 is 1.30 bits per heavy atom. The van der Waals surface area contributed by atoms with Crippen molar-refractivity contribution in [2.45, 2.75) is 6.54 Å². The molecule has 0 aliphatic carbocycles. The van der Waals surface area contributed by atoms with E-state index in [1.54, 1.807) is 18.5 Å². The SMILES string of the molecule is Clc1ccncc1NCc1cc(Br)c2c(c1)OCCO2. The fourth-order valence-corrected chi connectivity index (χ4v) is 2.75. The number of fused-ring (bicyclic) bond motifs is 1. The number of nitrogens with one attached hydrogen (secondary N) is 1. The van der Waals surface area contributed by atoms with Gasteiger partial charge >= 0.3 is 0 Å². The molecule has 6 heteroatoms. The molecule has 1 N–H and O–H groups in total. The lowest BCUT2D eigenvalue weighted by molar-refractivity contribution is 0.170. The second-order valence-electron chi connectivity index (χ2n) is 4.31. The molecule has 0 atom stereocenters. The van der Waals surface area contributed by atoms with Crippen molar-refractivity contribution >= 4 is 33.2 Å². The molecule has 3 rings (SSSR count). The molecule has 0 saturated heterocycles. The van der Waals surface area contributed by atoms with Gasteiger partial charge in [-0.15, -0.1) is 0 Å². The van der Waals surface area contributed by atoms with Crippen LogP contribution in [0.5, 0.6) is 11.5 Å². The summed E-state index contributed by atoms with van der Waals surface area (Å²) >= 11 is 9.58. The molecule has 1 aromatic carbocycles. The first-order valence-electron chi connectivity index (χ1n) is 6.15. The van der Waals surface area contributed by atoms with E-state index in [0.717, 1.165) is 27.2 Å². The fraction of sp³-hybridized carbons (Fsp3) is 0.214. The molecule has 0 amide bonds.